The van der Waals surface area contributed by atoms with E-state index in [9.17, 15) is 9.59 Å². The van der Waals surface area contributed by atoms with Gasteiger partial charge in [0.2, 0.25) is 5.91 Å². The predicted octanol–water partition coefficient (Wildman–Crippen LogP) is 2.04. The molecule has 0 rings (SSSR count). The van der Waals surface area contributed by atoms with Gasteiger partial charge in [-0.25, -0.2) is 4.79 Å². The Kier molecular flexibility index (Phi) is 6.77. The van der Waals surface area contributed by atoms with Gasteiger partial charge in [-0.1, -0.05) is 34.1 Å². The van der Waals surface area contributed by atoms with Gasteiger partial charge in [0.05, 0.1) is 0 Å². The Morgan fingerprint density at radius 2 is 1.81 bits per heavy atom. The highest BCUT2D eigenvalue weighted by Gasteiger charge is 2.23. The average Bonchev–Trinajstić information content (AvgIpc) is 2.16. The number of hydrogen-bond acceptors (Lipinski definition) is 2. The second-order valence-corrected chi connectivity index (χ2v) is 4.72. The summed E-state index contributed by atoms with van der Waals surface area (Å²) in [6.45, 7) is 7.72. The van der Waals surface area contributed by atoms with Crippen LogP contribution in [0.4, 0.5) is 0 Å². The van der Waals surface area contributed by atoms with Gasteiger partial charge in [-0.05, 0) is 18.8 Å². The van der Waals surface area contributed by atoms with Crippen LogP contribution in [0.15, 0.2) is 0 Å². The first-order valence-electron chi connectivity index (χ1n) is 5.91. The molecule has 1 amide bonds. The van der Waals surface area contributed by atoms with Crippen molar-refractivity contribution in [2.75, 3.05) is 0 Å². The van der Waals surface area contributed by atoms with Gasteiger partial charge >= 0.3 is 5.97 Å². The molecule has 0 aromatic rings. The first kappa shape index (κ1) is 14.9. The molecule has 1 unspecified atom stereocenters. The minimum atomic E-state index is -0.953. The van der Waals surface area contributed by atoms with Gasteiger partial charge in [0.15, 0.2) is 0 Å². The molecule has 0 saturated carbocycles. The largest absolute Gasteiger partial charge is 0.480 e. The zero-order valence-corrected chi connectivity index (χ0v) is 10.6. The number of carboxylic acids is 1. The van der Waals surface area contributed by atoms with Crippen molar-refractivity contribution >= 4 is 11.9 Å². The fourth-order valence-corrected chi connectivity index (χ4v) is 1.57. The van der Waals surface area contributed by atoms with E-state index in [0.29, 0.717) is 6.42 Å². The van der Waals surface area contributed by atoms with Gasteiger partial charge in [-0.3, -0.25) is 4.79 Å². The number of aliphatic carboxylic acids is 1. The number of carbonyl (C=O) groups excluding carboxylic acids is 1. The maximum Gasteiger partial charge on any atom is 0.326 e. The van der Waals surface area contributed by atoms with Crippen LogP contribution in [0.1, 0.15) is 47.0 Å². The third-order valence-corrected chi connectivity index (χ3v) is 2.49. The number of hydrogen-bond donors (Lipinski definition) is 2. The van der Waals surface area contributed by atoms with Gasteiger partial charge in [0, 0.05) is 5.92 Å². The van der Waals surface area contributed by atoms with E-state index in [2.05, 4.69) is 5.32 Å². The lowest BCUT2D eigenvalue weighted by atomic mass is 10.0. The Bertz CT molecular complexity index is 238. The van der Waals surface area contributed by atoms with E-state index in [-0.39, 0.29) is 17.7 Å². The van der Waals surface area contributed by atoms with Crippen LogP contribution in [0.2, 0.25) is 0 Å². The van der Waals surface area contributed by atoms with E-state index >= 15 is 0 Å². The Balaban J connectivity index is 4.28. The highest BCUT2D eigenvalue weighted by atomic mass is 16.4. The van der Waals surface area contributed by atoms with Crippen LogP contribution in [0, 0.1) is 11.8 Å². The van der Waals surface area contributed by atoms with Gasteiger partial charge in [-0.2, -0.15) is 0 Å². The Morgan fingerprint density at radius 1 is 1.25 bits per heavy atom. The molecular formula is C12H23NO3. The first-order valence-corrected chi connectivity index (χ1v) is 5.91. The van der Waals surface area contributed by atoms with Crippen molar-refractivity contribution < 1.29 is 14.7 Å². The minimum Gasteiger partial charge on any atom is -0.480 e. The Labute approximate surface area is 97.4 Å². The van der Waals surface area contributed by atoms with Crippen LogP contribution < -0.4 is 5.32 Å². The van der Waals surface area contributed by atoms with Crippen molar-refractivity contribution in [2.45, 2.75) is 53.0 Å². The summed E-state index contributed by atoms with van der Waals surface area (Å²) < 4.78 is 0. The highest BCUT2D eigenvalue weighted by Crippen LogP contribution is 2.09. The standard InChI is InChI=1S/C12H23NO3/c1-5-6-9(4)11(14)13-10(12(15)16)7-8(2)3/h8-10H,5-7H2,1-4H3,(H,13,14)(H,15,16)/t9?,10-/m0/s1. The summed E-state index contributed by atoms with van der Waals surface area (Å²) in [4.78, 5) is 22.6. The maximum atomic E-state index is 11.7. The number of nitrogens with one attached hydrogen (secondary N) is 1. The van der Waals surface area contributed by atoms with Crippen molar-refractivity contribution in [2.24, 2.45) is 11.8 Å². The van der Waals surface area contributed by atoms with Crippen molar-refractivity contribution in [3.63, 3.8) is 0 Å². The average molecular weight is 229 g/mol. The third kappa shape index (κ3) is 5.73. The molecule has 0 aliphatic carbocycles. The van der Waals surface area contributed by atoms with E-state index in [4.69, 9.17) is 5.11 Å². The number of carboxylic acid groups (broad SMARTS) is 1. The molecule has 0 radical (unpaired) electrons. The van der Waals surface area contributed by atoms with Crippen LogP contribution in [-0.2, 0) is 9.59 Å². The topological polar surface area (TPSA) is 66.4 Å². The zero-order chi connectivity index (χ0) is 12.7. The molecule has 0 spiro atoms. The fourth-order valence-electron chi connectivity index (χ4n) is 1.57. The van der Waals surface area contributed by atoms with Crippen molar-refractivity contribution in [3.05, 3.63) is 0 Å². The molecule has 2 atom stereocenters. The quantitative estimate of drug-likeness (QED) is 0.702. The summed E-state index contributed by atoms with van der Waals surface area (Å²) in [5.74, 6) is -0.970. The smallest absolute Gasteiger partial charge is 0.326 e. The molecule has 4 nitrogen and oxygen atoms in total. The second-order valence-electron chi connectivity index (χ2n) is 4.72. The van der Waals surface area contributed by atoms with E-state index in [1.165, 1.54) is 0 Å². The van der Waals surface area contributed by atoms with Gasteiger partial charge in [0.25, 0.3) is 0 Å². The molecule has 0 aliphatic heterocycles. The Morgan fingerprint density at radius 3 is 2.19 bits per heavy atom. The Hall–Kier alpha value is -1.06. The fraction of sp³-hybridized carbons (Fsp3) is 0.833. The highest BCUT2D eigenvalue weighted by molar-refractivity contribution is 5.84. The van der Waals surface area contributed by atoms with Crippen LogP contribution >= 0.6 is 0 Å². The molecule has 4 heteroatoms. The molecule has 0 aromatic carbocycles. The van der Waals surface area contributed by atoms with Crippen LogP contribution in [-0.4, -0.2) is 23.0 Å². The van der Waals surface area contributed by atoms with E-state index in [1.807, 2.05) is 27.7 Å². The summed E-state index contributed by atoms with van der Waals surface area (Å²) >= 11 is 0. The lowest BCUT2D eigenvalue weighted by Crippen LogP contribution is -2.43. The molecule has 0 heterocycles. The monoisotopic (exact) mass is 229 g/mol. The zero-order valence-electron chi connectivity index (χ0n) is 10.6. The molecule has 0 fully saturated rings. The molecule has 0 aromatic heterocycles. The summed E-state index contributed by atoms with van der Waals surface area (Å²) in [7, 11) is 0. The summed E-state index contributed by atoms with van der Waals surface area (Å²) in [5.41, 5.74) is 0. The number of rotatable bonds is 7. The molecule has 94 valence electrons. The van der Waals surface area contributed by atoms with Crippen LogP contribution in [0.25, 0.3) is 0 Å². The molecule has 0 aliphatic rings. The maximum absolute atomic E-state index is 11.7. The summed E-state index contributed by atoms with van der Waals surface area (Å²) in [6.07, 6.45) is 2.19. The normalized spacial score (nSPS) is 14.6. The third-order valence-electron chi connectivity index (χ3n) is 2.49. The first-order chi connectivity index (χ1) is 7.38. The molecule has 2 N–H and O–H groups in total. The summed E-state index contributed by atoms with van der Waals surface area (Å²) in [5, 5.41) is 11.6. The van der Waals surface area contributed by atoms with Gasteiger partial charge < -0.3 is 10.4 Å². The molecule has 0 saturated heterocycles. The van der Waals surface area contributed by atoms with Gasteiger partial charge in [0.1, 0.15) is 6.04 Å². The lowest BCUT2D eigenvalue weighted by Gasteiger charge is -2.18. The number of carbonyl (C=O) groups is 2. The SMILES string of the molecule is CCCC(C)C(=O)N[C@@H](CC(C)C)C(=O)O. The van der Waals surface area contributed by atoms with Crippen LogP contribution in [0.5, 0.6) is 0 Å². The second kappa shape index (κ2) is 7.25. The van der Waals surface area contributed by atoms with Crippen molar-refractivity contribution in [3.8, 4) is 0 Å². The van der Waals surface area contributed by atoms with Crippen molar-refractivity contribution in [1.82, 2.24) is 5.32 Å². The predicted molar refractivity (Wildman–Crippen MR) is 63.1 cm³/mol. The molecule has 16 heavy (non-hydrogen) atoms. The van der Waals surface area contributed by atoms with E-state index in [1.54, 1.807) is 0 Å². The van der Waals surface area contributed by atoms with E-state index in [0.717, 1.165) is 12.8 Å². The minimum absolute atomic E-state index is 0.112. The van der Waals surface area contributed by atoms with Crippen molar-refractivity contribution in [1.29, 1.82) is 0 Å². The lowest BCUT2D eigenvalue weighted by molar-refractivity contribution is -0.142. The summed E-state index contributed by atoms with van der Waals surface area (Å²) in [6, 6.07) is -0.758. The molecular weight excluding hydrogens is 206 g/mol. The van der Waals surface area contributed by atoms with Crippen LogP contribution in [0.3, 0.4) is 0 Å². The number of amides is 1. The van der Waals surface area contributed by atoms with Gasteiger partial charge in [-0.15, -0.1) is 0 Å². The molecule has 0 bridgehead atoms. The van der Waals surface area contributed by atoms with E-state index < -0.39 is 12.0 Å².